The van der Waals surface area contributed by atoms with Gasteiger partial charge in [0.2, 0.25) is 0 Å². The molecule has 1 saturated carbocycles. The molecule has 1 aliphatic heterocycles. The fourth-order valence-electron chi connectivity index (χ4n) is 2.28. The molecule has 0 amide bonds. The number of thioether (sulfide) groups is 1. The lowest BCUT2D eigenvalue weighted by atomic mass is 10.2. The predicted molar refractivity (Wildman–Crippen MR) is 81.8 cm³/mol. The molecule has 3 rings (SSSR count). The average molecular weight is 346 g/mol. The van der Waals surface area contributed by atoms with E-state index in [4.69, 9.17) is 12.2 Å². The molecule has 1 atom stereocenters. The maximum absolute atomic E-state index is 5.38. The van der Waals surface area contributed by atoms with E-state index in [1.807, 2.05) is 11.8 Å². The van der Waals surface area contributed by atoms with Crippen LogP contribution in [-0.2, 0) is 0 Å². The third kappa shape index (κ3) is 2.53. The lowest BCUT2D eigenvalue weighted by Gasteiger charge is -2.31. The number of aromatic amines is 1. The van der Waals surface area contributed by atoms with Gasteiger partial charge in [0.15, 0.2) is 0 Å². The number of hydrogen-bond donors (Lipinski definition) is 1. The van der Waals surface area contributed by atoms with Crippen LogP contribution >= 0.6 is 39.9 Å². The van der Waals surface area contributed by atoms with Crippen LogP contribution in [0.2, 0.25) is 0 Å². The Labute approximate surface area is 125 Å². The smallest absolute Gasteiger partial charge is 0.144 e. The topological polar surface area (TPSA) is 31.9 Å². The van der Waals surface area contributed by atoms with Crippen molar-refractivity contribution in [1.82, 2.24) is 14.9 Å². The third-order valence-corrected chi connectivity index (χ3v) is 5.99. The quantitative estimate of drug-likeness (QED) is 0.831. The molecule has 6 heteroatoms. The van der Waals surface area contributed by atoms with E-state index < -0.39 is 0 Å². The SMILES string of the molecule is CN1CCSCC1c1nc(=S)c(Br)c(C2CC2)[nH]1. The van der Waals surface area contributed by atoms with Crippen molar-refractivity contribution in [2.24, 2.45) is 0 Å². The highest BCUT2D eigenvalue weighted by Crippen LogP contribution is 2.42. The molecular weight excluding hydrogens is 330 g/mol. The predicted octanol–water partition coefficient (Wildman–Crippen LogP) is 3.50. The van der Waals surface area contributed by atoms with Crippen LogP contribution in [0, 0.1) is 4.64 Å². The van der Waals surface area contributed by atoms with Crippen LogP contribution in [0.15, 0.2) is 4.47 Å². The lowest BCUT2D eigenvalue weighted by molar-refractivity contribution is 0.264. The van der Waals surface area contributed by atoms with Crippen molar-refractivity contribution in [1.29, 1.82) is 0 Å². The second-order valence-corrected chi connectivity index (χ2v) is 7.33. The Morgan fingerprint density at radius 1 is 1.50 bits per heavy atom. The molecule has 1 aliphatic carbocycles. The number of aromatic nitrogens is 2. The third-order valence-electron chi connectivity index (χ3n) is 3.61. The molecule has 1 unspecified atom stereocenters. The van der Waals surface area contributed by atoms with Crippen molar-refractivity contribution in [3.05, 3.63) is 20.6 Å². The van der Waals surface area contributed by atoms with Crippen molar-refractivity contribution in [3.63, 3.8) is 0 Å². The normalized spacial score (nSPS) is 25.3. The maximum atomic E-state index is 5.38. The molecule has 0 bridgehead atoms. The molecule has 1 saturated heterocycles. The standard InChI is InChI=1S/C12H16BrN3S2/c1-16-4-5-18-6-8(16)11-14-10(7-2-3-7)9(13)12(17)15-11/h7-8H,2-6H2,1H3,(H,14,15,17). The van der Waals surface area contributed by atoms with Crippen LogP contribution in [0.1, 0.15) is 36.3 Å². The summed E-state index contributed by atoms with van der Waals surface area (Å²) in [6, 6.07) is 0.371. The van der Waals surface area contributed by atoms with Crippen LogP contribution in [-0.4, -0.2) is 40.0 Å². The molecule has 98 valence electrons. The zero-order valence-corrected chi connectivity index (χ0v) is 13.5. The van der Waals surface area contributed by atoms with Gasteiger partial charge in [-0.2, -0.15) is 11.8 Å². The molecule has 2 fully saturated rings. The Morgan fingerprint density at radius 3 is 2.94 bits per heavy atom. The largest absolute Gasteiger partial charge is 0.344 e. The van der Waals surface area contributed by atoms with E-state index >= 15 is 0 Å². The summed E-state index contributed by atoms with van der Waals surface area (Å²) in [4.78, 5) is 10.5. The Balaban J connectivity index is 1.98. The molecule has 0 aromatic carbocycles. The maximum Gasteiger partial charge on any atom is 0.144 e. The number of rotatable bonds is 2. The number of nitrogens with zero attached hydrogens (tertiary/aromatic N) is 2. The molecule has 1 aromatic heterocycles. The Morgan fingerprint density at radius 2 is 2.28 bits per heavy atom. The Bertz CT molecular complexity index is 513. The van der Waals surface area contributed by atoms with E-state index in [-0.39, 0.29) is 0 Å². The van der Waals surface area contributed by atoms with Gasteiger partial charge in [0, 0.05) is 29.7 Å². The number of nitrogens with one attached hydrogen (secondary N) is 1. The van der Waals surface area contributed by atoms with Gasteiger partial charge in [0.05, 0.1) is 10.5 Å². The first-order valence-corrected chi connectivity index (χ1v) is 8.60. The molecule has 0 radical (unpaired) electrons. The van der Waals surface area contributed by atoms with Gasteiger partial charge in [-0.3, -0.25) is 4.90 Å². The van der Waals surface area contributed by atoms with Crippen LogP contribution < -0.4 is 0 Å². The summed E-state index contributed by atoms with van der Waals surface area (Å²) in [5, 5.41) is 0. The minimum Gasteiger partial charge on any atom is -0.344 e. The molecule has 18 heavy (non-hydrogen) atoms. The van der Waals surface area contributed by atoms with Crippen LogP contribution in [0.4, 0.5) is 0 Å². The van der Waals surface area contributed by atoms with E-state index in [0.29, 0.717) is 16.6 Å². The summed E-state index contributed by atoms with van der Waals surface area (Å²) < 4.78 is 1.70. The molecule has 1 N–H and O–H groups in total. The molecule has 2 heterocycles. The summed E-state index contributed by atoms with van der Waals surface area (Å²) in [5.41, 5.74) is 1.26. The van der Waals surface area contributed by atoms with Crippen molar-refractivity contribution in [2.45, 2.75) is 24.8 Å². The van der Waals surface area contributed by atoms with Gasteiger partial charge >= 0.3 is 0 Å². The molecular formula is C12H16BrN3S2. The molecule has 3 nitrogen and oxygen atoms in total. The van der Waals surface area contributed by atoms with E-state index in [2.05, 4.69) is 37.8 Å². The Kier molecular flexibility index (Phi) is 3.80. The van der Waals surface area contributed by atoms with Crippen LogP contribution in [0.5, 0.6) is 0 Å². The fraction of sp³-hybridized carbons (Fsp3) is 0.667. The van der Waals surface area contributed by atoms with E-state index in [1.165, 1.54) is 24.3 Å². The zero-order valence-electron chi connectivity index (χ0n) is 10.3. The van der Waals surface area contributed by atoms with Crippen molar-refractivity contribution in [3.8, 4) is 0 Å². The van der Waals surface area contributed by atoms with Gasteiger partial charge in [0.1, 0.15) is 10.5 Å². The molecule has 0 spiro atoms. The minimum absolute atomic E-state index is 0.371. The van der Waals surface area contributed by atoms with Gasteiger partial charge < -0.3 is 4.98 Å². The first kappa shape index (κ1) is 13.1. The monoisotopic (exact) mass is 345 g/mol. The fourth-order valence-corrected chi connectivity index (χ4v) is 4.22. The van der Waals surface area contributed by atoms with Gasteiger partial charge in [-0.05, 0) is 35.8 Å². The number of H-pyrrole nitrogens is 1. The van der Waals surface area contributed by atoms with Crippen molar-refractivity contribution in [2.75, 3.05) is 25.1 Å². The Hall–Kier alpha value is 0.0900. The van der Waals surface area contributed by atoms with E-state index in [1.54, 1.807) is 0 Å². The summed E-state index contributed by atoms with van der Waals surface area (Å²) in [6.07, 6.45) is 2.53. The molecule has 2 aliphatic rings. The average Bonchev–Trinajstić information content (AvgIpc) is 3.17. The number of hydrogen-bond acceptors (Lipinski definition) is 4. The zero-order chi connectivity index (χ0) is 12.7. The van der Waals surface area contributed by atoms with Gasteiger partial charge in [-0.1, -0.05) is 12.2 Å². The van der Waals surface area contributed by atoms with E-state index in [9.17, 15) is 0 Å². The highest BCUT2D eigenvalue weighted by atomic mass is 79.9. The van der Waals surface area contributed by atoms with Gasteiger partial charge in [-0.25, -0.2) is 4.98 Å². The first-order valence-electron chi connectivity index (χ1n) is 6.24. The summed E-state index contributed by atoms with van der Waals surface area (Å²) >= 11 is 11.0. The van der Waals surface area contributed by atoms with E-state index in [0.717, 1.165) is 22.6 Å². The minimum atomic E-state index is 0.371. The van der Waals surface area contributed by atoms with Gasteiger partial charge in [0.25, 0.3) is 0 Å². The highest BCUT2D eigenvalue weighted by Gasteiger charge is 2.30. The first-order chi connectivity index (χ1) is 8.66. The number of halogens is 1. The van der Waals surface area contributed by atoms with Crippen molar-refractivity contribution >= 4 is 39.9 Å². The van der Waals surface area contributed by atoms with Crippen molar-refractivity contribution < 1.29 is 0 Å². The highest BCUT2D eigenvalue weighted by molar-refractivity contribution is 9.10. The van der Waals surface area contributed by atoms with Crippen LogP contribution in [0.25, 0.3) is 0 Å². The second kappa shape index (κ2) is 5.23. The van der Waals surface area contributed by atoms with Crippen LogP contribution in [0.3, 0.4) is 0 Å². The molecule has 1 aromatic rings. The summed E-state index contributed by atoms with van der Waals surface area (Å²) in [5.74, 6) is 4.00. The second-order valence-electron chi connectivity index (χ2n) is 5.00. The lowest BCUT2D eigenvalue weighted by Crippen LogP contribution is -2.34. The summed E-state index contributed by atoms with van der Waals surface area (Å²) in [6.45, 7) is 1.12. The van der Waals surface area contributed by atoms with Gasteiger partial charge in [-0.15, -0.1) is 0 Å². The summed E-state index contributed by atoms with van der Waals surface area (Å²) in [7, 11) is 2.17.